The molecule has 0 aliphatic heterocycles. The zero-order valence-corrected chi connectivity index (χ0v) is 11.2. The molecule has 102 valence electrons. The van der Waals surface area contributed by atoms with Gasteiger partial charge >= 0.3 is 5.97 Å². The SMILES string of the molecule is CCOC(=Cc1ccc(-c2ccccc2)cc1)C(=O)O. The molecular weight excluding hydrogens is 252 g/mol. The van der Waals surface area contributed by atoms with Crippen LogP contribution in [0, 0.1) is 0 Å². The summed E-state index contributed by atoms with van der Waals surface area (Å²) in [4.78, 5) is 11.0. The van der Waals surface area contributed by atoms with E-state index in [1.807, 2.05) is 54.6 Å². The van der Waals surface area contributed by atoms with Crippen molar-refractivity contribution in [3.05, 3.63) is 65.9 Å². The summed E-state index contributed by atoms with van der Waals surface area (Å²) in [6.45, 7) is 2.09. The molecule has 0 radical (unpaired) electrons. The Labute approximate surface area is 118 Å². The lowest BCUT2D eigenvalue weighted by Crippen LogP contribution is -2.04. The van der Waals surface area contributed by atoms with Gasteiger partial charge in [-0.25, -0.2) is 4.79 Å². The number of carbonyl (C=O) groups is 1. The summed E-state index contributed by atoms with van der Waals surface area (Å²) in [7, 11) is 0. The molecule has 3 nitrogen and oxygen atoms in total. The largest absolute Gasteiger partial charge is 0.487 e. The van der Waals surface area contributed by atoms with Gasteiger partial charge in [-0.2, -0.15) is 0 Å². The maximum Gasteiger partial charge on any atom is 0.371 e. The number of carboxylic acids is 1. The van der Waals surface area contributed by atoms with E-state index in [9.17, 15) is 4.79 Å². The Morgan fingerprint density at radius 1 is 1.05 bits per heavy atom. The topological polar surface area (TPSA) is 46.5 Å². The normalized spacial score (nSPS) is 11.2. The fourth-order valence-corrected chi connectivity index (χ4v) is 1.87. The standard InChI is InChI=1S/C17H16O3/c1-2-20-16(17(18)19)12-13-8-10-15(11-9-13)14-6-4-3-5-7-14/h3-12H,2H2,1H3,(H,18,19). The van der Waals surface area contributed by atoms with Crippen LogP contribution in [0.15, 0.2) is 60.4 Å². The van der Waals surface area contributed by atoms with Gasteiger partial charge < -0.3 is 9.84 Å². The molecule has 0 amide bonds. The number of rotatable bonds is 5. The molecule has 0 atom stereocenters. The summed E-state index contributed by atoms with van der Waals surface area (Å²) in [5.41, 5.74) is 3.03. The van der Waals surface area contributed by atoms with Crippen LogP contribution in [0.4, 0.5) is 0 Å². The van der Waals surface area contributed by atoms with Crippen molar-refractivity contribution in [1.29, 1.82) is 0 Å². The molecule has 0 spiro atoms. The fourth-order valence-electron chi connectivity index (χ4n) is 1.87. The van der Waals surface area contributed by atoms with E-state index in [2.05, 4.69) is 0 Å². The van der Waals surface area contributed by atoms with Crippen molar-refractivity contribution in [3.63, 3.8) is 0 Å². The second-order valence-corrected chi connectivity index (χ2v) is 4.23. The Balaban J connectivity index is 2.24. The molecule has 0 bridgehead atoms. The van der Waals surface area contributed by atoms with E-state index in [4.69, 9.17) is 9.84 Å². The van der Waals surface area contributed by atoms with Gasteiger partial charge in [0.1, 0.15) is 0 Å². The van der Waals surface area contributed by atoms with Crippen molar-refractivity contribution in [2.24, 2.45) is 0 Å². The summed E-state index contributed by atoms with van der Waals surface area (Å²) in [6.07, 6.45) is 1.53. The minimum Gasteiger partial charge on any atom is -0.487 e. The van der Waals surface area contributed by atoms with Crippen LogP contribution < -0.4 is 0 Å². The molecule has 2 aromatic rings. The third-order valence-corrected chi connectivity index (χ3v) is 2.83. The van der Waals surface area contributed by atoms with E-state index in [1.165, 1.54) is 6.08 Å². The van der Waals surface area contributed by atoms with Gasteiger partial charge in [0.05, 0.1) is 6.61 Å². The Kier molecular flexibility index (Phi) is 4.56. The van der Waals surface area contributed by atoms with Gasteiger partial charge in [0.2, 0.25) is 5.76 Å². The van der Waals surface area contributed by atoms with Crippen molar-refractivity contribution in [1.82, 2.24) is 0 Å². The van der Waals surface area contributed by atoms with Crippen molar-refractivity contribution in [3.8, 4) is 11.1 Å². The summed E-state index contributed by atoms with van der Waals surface area (Å²) in [5, 5.41) is 9.00. The number of hydrogen-bond acceptors (Lipinski definition) is 2. The zero-order chi connectivity index (χ0) is 14.4. The average Bonchev–Trinajstić information content (AvgIpc) is 2.48. The lowest BCUT2D eigenvalue weighted by atomic mass is 10.0. The molecule has 20 heavy (non-hydrogen) atoms. The fraction of sp³-hybridized carbons (Fsp3) is 0.118. The smallest absolute Gasteiger partial charge is 0.371 e. The molecule has 0 unspecified atom stereocenters. The van der Waals surface area contributed by atoms with E-state index in [-0.39, 0.29) is 5.76 Å². The van der Waals surface area contributed by atoms with Gasteiger partial charge in [0, 0.05) is 0 Å². The molecule has 2 rings (SSSR count). The summed E-state index contributed by atoms with van der Waals surface area (Å²) < 4.78 is 5.08. The number of ether oxygens (including phenoxy) is 1. The van der Waals surface area contributed by atoms with Crippen LogP contribution in [0.2, 0.25) is 0 Å². The summed E-state index contributed by atoms with van der Waals surface area (Å²) >= 11 is 0. The molecule has 2 aromatic carbocycles. The number of aliphatic carboxylic acids is 1. The van der Waals surface area contributed by atoms with E-state index in [1.54, 1.807) is 6.92 Å². The van der Waals surface area contributed by atoms with Gasteiger partial charge in [-0.15, -0.1) is 0 Å². The van der Waals surface area contributed by atoms with E-state index in [0.717, 1.165) is 16.7 Å². The predicted molar refractivity (Wildman–Crippen MR) is 79.1 cm³/mol. The summed E-state index contributed by atoms with van der Waals surface area (Å²) in [5.74, 6) is -1.10. The lowest BCUT2D eigenvalue weighted by Gasteiger charge is -2.05. The highest BCUT2D eigenvalue weighted by atomic mass is 16.5. The van der Waals surface area contributed by atoms with E-state index >= 15 is 0 Å². The maximum absolute atomic E-state index is 11.0. The molecule has 0 aliphatic carbocycles. The Morgan fingerprint density at radius 3 is 2.20 bits per heavy atom. The maximum atomic E-state index is 11.0. The first-order valence-electron chi connectivity index (χ1n) is 6.44. The zero-order valence-electron chi connectivity index (χ0n) is 11.2. The number of carboxylic acid groups (broad SMARTS) is 1. The van der Waals surface area contributed by atoms with Crippen molar-refractivity contribution < 1.29 is 14.6 Å². The van der Waals surface area contributed by atoms with Crippen LogP contribution in [0.25, 0.3) is 17.2 Å². The van der Waals surface area contributed by atoms with Crippen LogP contribution in [0.5, 0.6) is 0 Å². The molecule has 1 N–H and O–H groups in total. The van der Waals surface area contributed by atoms with Crippen LogP contribution in [-0.2, 0) is 9.53 Å². The molecule has 0 aromatic heterocycles. The highest BCUT2D eigenvalue weighted by Gasteiger charge is 2.07. The van der Waals surface area contributed by atoms with Gasteiger partial charge in [0.15, 0.2) is 0 Å². The van der Waals surface area contributed by atoms with Crippen LogP contribution >= 0.6 is 0 Å². The van der Waals surface area contributed by atoms with Crippen molar-refractivity contribution >= 4 is 12.0 Å². The first-order valence-corrected chi connectivity index (χ1v) is 6.44. The Morgan fingerprint density at radius 2 is 1.65 bits per heavy atom. The first-order chi connectivity index (χ1) is 9.70. The Hall–Kier alpha value is -2.55. The van der Waals surface area contributed by atoms with Gasteiger partial charge in [-0.1, -0.05) is 54.6 Å². The van der Waals surface area contributed by atoms with Crippen LogP contribution in [-0.4, -0.2) is 17.7 Å². The quantitative estimate of drug-likeness (QED) is 0.662. The first kappa shape index (κ1) is 13.9. The second kappa shape index (κ2) is 6.57. The van der Waals surface area contributed by atoms with Gasteiger partial charge in [0.25, 0.3) is 0 Å². The van der Waals surface area contributed by atoms with Crippen molar-refractivity contribution in [2.45, 2.75) is 6.92 Å². The highest BCUT2D eigenvalue weighted by Crippen LogP contribution is 2.20. The van der Waals surface area contributed by atoms with Crippen molar-refractivity contribution in [2.75, 3.05) is 6.61 Å². The van der Waals surface area contributed by atoms with Crippen LogP contribution in [0.3, 0.4) is 0 Å². The van der Waals surface area contributed by atoms with E-state index in [0.29, 0.717) is 6.61 Å². The van der Waals surface area contributed by atoms with Gasteiger partial charge in [-0.05, 0) is 29.7 Å². The Bertz CT molecular complexity index is 598. The predicted octanol–water partition coefficient (Wildman–Crippen LogP) is 3.82. The molecular formula is C17H16O3. The van der Waals surface area contributed by atoms with Gasteiger partial charge in [-0.3, -0.25) is 0 Å². The number of benzene rings is 2. The third-order valence-electron chi connectivity index (χ3n) is 2.83. The second-order valence-electron chi connectivity index (χ2n) is 4.23. The minimum absolute atomic E-state index is 0.0417. The third kappa shape index (κ3) is 3.48. The van der Waals surface area contributed by atoms with E-state index < -0.39 is 5.97 Å². The molecule has 0 fully saturated rings. The molecule has 0 saturated carbocycles. The molecule has 0 heterocycles. The molecule has 3 heteroatoms. The molecule has 0 aliphatic rings. The average molecular weight is 268 g/mol. The highest BCUT2D eigenvalue weighted by molar-refractivity contribution is 5.90. The molecule has 0 saturated heterocycles. The van der Waals surface area contributed by atoms with Crippen LogP contribution in [0.1, 0.15) is 12.5 Å². The number of hydrogen-bond donors (Lipinski definition) is 1. The minimum atomic E-state index is -1.06. The monoisotopic (exact) mass is 268 g/mol. The lowest BCUT2D eigenvalue weighted by molar-refractivity contribution is -0.136. The summed E-state index contributed by atoms with van der Waals surface area (Å²) in [6, 6.07) is 17.7.